The summed E-state index contributed by atoms with van der Waals surface area (Å²) in [5, 5.41) is 6.35. The smallest absolute Gasteiger partial charge is 0.257 e. The Morgan fingerprint density at radius 1 is 0.885 bits per heavy atom. The first-order valence-electron chi connectivity index (χ1n) is 8.61. The number of anilines is 3. The molecular formula is C22H23N3O. The van der Waals surface area contributed by atoms with Crippen LogP contribution < -0.4 is 10.6 Å². The number of amides is 1. The van der Waals surface area contributed by atoms with Crippen molar-refractivity contribution in [3.8, 4) is 0 Å². The Bertz CT molecular complexity index is 943. The second-order valence-electron chi connectivity index (χ2n) is 6.56. The molecule has 0 bridgehead atoms. The summed E-state index contributed by atoms with van der Waals surface area (Å²) in [5.74, 6) is -0.167. The van der Waals surface area contributed by atoms with Gasteiger partial charge in [-0.15, -0.1) is 0 Å². The van der Waals surface area contributed by atoms with E-state index in [-0.39, 0.29) is 5.91 Å². The van der Waals surface area contributed by atoms with Gasteiger partial charge in [-0.05, 0) is 62.1 Å². The van der Waals surface area contributed by atoms with Crippen LogP contribution in [0.4, 0.5) is 17.1 Å². The van der Waals surface area contributed by atoms with Crippen molar-refractivity contribution in [2.75, 3.05) is 10.6 Å². The summed E-state index contributed by atoms with van der Waals surface area (Å²) < 4.78 is 0. The summed E-state index contributed by atoms with van der Waals surface area (Å²) >= 11 is 0. The molecule has 0 spiro atoms. The summed E-state index contributed by atoms with van der Waals surface area (Å²) in [6.45, 7) is 8.12. The van der Waals surface area contributed by atoms with E-state index in [9.17, 15) is 4.79 Å². The van der Waals surface area contributed by atoms with E-state index in [2.05, 4.69) is 35.5 Å². The van der Waals surface area contributed by atoms with Crippen LogP contribution in [-0.2, 0) is 0 Å². The van der Waals surface area contributed by atoms with Gasteiger partial charge in [0.25, 0.3) is 5.91 Å². The van der Waals surface area contributed by atoms with Gasteiger partial charge in [-0.25, -0.2) is 0 Å². The van der Waals surface area contributed by atoms with E-state index in [0.29, 0.717) is 5.56 Å². The number of hydrogen-bond donors (Lipinski definition) is 2. The van der Waals surface area contributed by atoms with Crippen LogP contribution in [0.2, 0.25) is 0 Å². The molecule has 1 amide bonds. The first-order chi connectivity index (χ1) is 12.5. The summed E-state index contributed by atoms with van der Waals surface area (Å²) in [6, 6.07) is 13.9. The monoisotopic (exact) mass is 345 g/mol. The van der Waals surface area contributed by atoms with Crippen molar-refractivity contribution in [2.24, 2.45) is 0 Å². The highest BCUT2D eigenvalue weighted by molar-refractivity contribution is 6.05. The van der Waals surface area contributed by atoms with Crippen LogP contribution in [-0.4, -0.2) is 10.9 Å². The average molecular weight is 345 g/mol. The molecule has 0 unspecified atom stereocenters. The van der Waals surface area contributed by atoms with Crippen LogP contribution in [0.1, 0.15) is 32.6 Å². The Morgan fingerprint density at radius 3 is 2.27 bits per heavy atom. The zero-order valence-electron chi connectivity index (χ0n) is 15.6. The molecule has 2 N–H and O–H groups in total. The van der Waals surface area contributed by atoms with Crippen molar-refractivity contribution in [1.29, 1.82) is 0 Å². The maximum atomic E-state index is 12.7. The van der Waals surface area contributed by atoms with E-state index in [1.807, 2.05) is 50.2 Å². The maximum absolute atomic E-state index is 12.7. The fourth-order valence-corrected chi connectivity index (χ4v) is 2.87. The first kappa shape index (κ1) is 17.7. The van der Waals surface area contributed by atoms with Gasteiger partial charge < -0.3 is 10.6 Å². The zero-order valence-corrected chi connectivity index (χ0v) is 15.6. The Kier molecular flexibility index (Phi) is 5.03. The van der Waals surface area contributed by atoms with Crippen LogP contribution in [0.5, 0.6) is 0 Å². The summed E-state index contributed by atoms with van der Waals surface area (Å²) in [7, 11) is 0. The highest BCUT2D eigenvalue weighted by Crippen LogP contribution is 2.24. The Labute approximate surface area is 154 Å². The fourth-order valence-electron chi connectivity index (χ4n) is 2.87. The molecule has 4 nitrogen and oxygen atoms in total. The number of nitrogens with zero attached hydrogens (tertiary/aromatic N) is 1. The molecule has 132 valence electrons. The van der Waals surface area contributed by atoms with E-state index >= 15 is 0 Å². The summed E-state index contributed by atoms with van der Waals surface area (Å²) in [6.07, 6.45) is 3.30. The highest BCUT2D eigenvalue weighted by atomic mass is 16.1. The van der Waals surface area contributed by atoms with Crippen LogP contribution in [0.25, 0.3) is 0 Å². The highest BCUT2D eigenvalue weighted by Gasteiger charge is 2.11. The first-order valence-corrected chi connectivity index (χ1v) is 8.61. The fraction of sp³-hybridized carbons (Fsp3) is 0.182. The maximum Gasteiger partial charge on any atom is 0.257 e. The lowest BCUT2D eigenvalue weighted by atomic mass is 10.1. The average Bonchev–Trinajstić information content (AvgIpc) is 2.62. The third kappa shape index (κ3) is 3.75. The predicted molar refractivity (Wildman–Crippen MR) is 107 cm³/mol. The lowest BCUT2D eigenvalue weighted by Gasteiger charge is -2.13. The minimum Gasteiger partial charge on any atom is -0.354 e. The second-order valence-corrected chi connectivity index (χ2v) is 6.56. The molecule has 3 aromatic rings. The molecule has 1 aromatic heterocycles. The van der Waals surface area contributed by atoms with E-state index in [1.54, 1.807) is 12.4 Å². The van der Waals surface area contributed by atoms with Crippen molar-refractivity contribution >= 4 is 23.0 Å². The van der Waals surface area contributed by atoms with Crippen LogP contribution in [0.15, 0.2) is 54.9 Å². The molecule has 26 heavy (non-hydrogen) atoms. The van der Waals surface area contributed by atoms with Crippen molar-refractivity contribution in [1.82, 2.24) is 4.98 Å². The van der Waals surface area contributed by atoms with Crippen molar-refractivity contribution < 1.29 is 4.79 Å². The van der Waals surface area contributed by atoms with Gasteiger partial charge in [0.2, 0.25) is 0 Å². The van der Waals surface area contributed by atoms with Crippen molar-refractivity contribution in [3.63, 3.8) is 0 Å². The molecule has 4 heteroatoms. The molecule has 0 saturated heterocycles. The molecule has 0 aliphatic heterocycles. The van der Waals surface area contributed by atoms with E-state index in [1.165, 1.54) is 11.1 Å². The van der Waals surface area contributed by atoms with Gasteiger partial charge in [-0.1, -0.05) is 30.3 Å². The molecule has 0 saturated carbocycles. The number of nitrogens with one attached hydrogen (secondary N) is 2. The lowest BCUT2D eigenvalue weighted by Crippen LogP contribution is -2.14. The number of aromatic nitrogens is 1. The predicted octanol–water partition coefficient (Wildman–Crippen LogP) is 5.31. The molecular weight excluding hydrogens is 322 g/mol. The molecule has 0 fully saturated rings. The lowest BCUT2D eigenvalue weighted by molar-refractivity contribution is 0.102. The van der Waals surface area contributed by atoms with Gasteiger partial charge in [0.15, 0.2) is 0 Å². The van der Waals surface area contributed by atoms with Gasteiger partial charge in [0.1, 0.15) is 0 Å². The molecule has 2 aromatic carbocycles. The third-order valence-corrected chi connectivity index (χ3v) is 4.60. The number of hydrogen-bond acceptors (Lipinski definition) is 3. The molecule has 0 atom stereocenters. The summed E-state index contributed by atoms with van der Waals surface area (Å²) in [5.41, 5.74) is 7.64. The Hall–Kier alpha value is -3.14. The molecule has 1 heterocycles. The number of carbonyl (C=O) groups excluding carboxylic acids is 1. The van der Waals surface area contributed by atoms with Crippen LogP contribution in [0.3, 0.4) is 0 Å². The molecule has 0 radical (unpaired) electrons. The largest absolute Gasteiger partial charge is 0.354 e. The van der Waals surface area contributed by atoms with Gasteiger partial charge >= 0.3 is 0 Å². The number of rotatable bonds is 4. The number of carbonyl (C=O) groups is 1. The second kappa shape index (κ2) is 7.40. The van der Waals surface area contributed by atoms with Crippen LogP contribution >= 0.6 is 0 Å². The standard InChI is InChI=1S/C22H23N3O/c1-14-7-6-10-20(17(14)4)24-19-11-18(12-23-13-19)22(26)25-21-15(2)8-5-9-16(21)3/h5-13,24H,1-4H3,(H,25,26). The van der Waals surface area contributed by atoms with E-state index in [0.717, 1.165) is 28.2 Å². The Balaban J connectivity index is 1.83. The molecule has 0 aliphatic carbocycles. The number of pyridine rings is 1. The minimum absolute atomic E-state index is 0.167. The SMILES string of the molecule is Cc1cccc(Nc2cncc(C(=O)Nc3c(C)cccc3C)c2)c1C. The number of aryl methyl sites for hydroxylation is 3. The number of benzene rings is 2. The van der Waals surface area contributed by atoms with Crippen molar-refractivity contribution in [3.05, 3.63) is 82.7 Å². The van der Waals surface area contributed by atoms with Gasteiger partial charge in [0, 0.05) is 17.6 Å². The van der Waals surface area contributed by atoms with Crippen molar-refractivity contribution in [2.45, 2.75) is 27.7 Å². The van der Waals surface area contributed by atoms with Crippen LogP contribution in [0, 0.1) is 27.7 Å². The number of para-hydroxylation sites is 1. The quantitative estimate of drug-likeness (QED) is 0.673. The van der Waals surface area contributed by atoms with E-state index in [4.69, 9.17) is 0 Å². The molecule has 3 rings (SSSR count). The molecule has 0 aliphatic rings. The van der Waals surface area contributed by atoms with Gasteiger partial charge in [-0.2, -0.15) is 0 Å². The minimum atomic E-state index is -0.167. The van der Waals surface area contributed by atoms with E-state index < -0.39 is 0 Å². The zero-order chi connectivity index (χ0) is 18.7. The third-order valence-electron chi connectivity index (χ3n) is 4.60. The van der Waals surface area contributed by atoms with Gasteiger partial charge in [-0.3, -0.25) is 9.78 Å². The normalized spacial score (nSPS) is 10.5. The summed E-state index contributed by atoms with van der Waals surface area (Å²) in [4.78, 5) is 16.9. The van der Waals surface area contributed by atoms with Gasteiger partial charge in [0.05, 0.1) is 17.4 Å². The topological polar surface area (TPSA) is 54.0 Å². The Morgan fingerprint density at radius 2 is 1.54 bits per heavy atom.